The highest BCUT2D eigenvalue weighted by Crippen LogP contribution is 2.32. The van der Waals surface area contributed by atoms with Gasteiger partial charge in [0.15, 0.2) is 0 Å². The van der Waals surface area contributed by atoms with Crippen LogP contribution < -0.4 is 0 Å². The molecule has 1 aromatic heterocycles. The minimum Gasteiger partial charge on any atom is -0.469 e. The molecule has 0 aliphatic heterocycles. The van der Waals surface area contributed by atoms with Gasteiger partial charge < -0.3 is 9.64 Å². The molecule has 0 radical (unpaired) electrons. The third-order valence-electron chi connectivity index (χ3n) is 2.72. The molecule has 0 N–H and O–H groups in total. The Morgan fingerprint density at radius 1 is 1.56 bits per heavy atom. The molecule has 0 aliphatic rings. The van der Waals surface area contributed by atoms with Crippen molar-refractivity contribution in [2.45, 2.75) is 19.4 Å². The lowest BCUT2D eigenvalue weighted by Crippen LogP contribution is -2.32. The van der Waals surface area contributed by atoms with Crippen LogP contribution in [0, 0.1) is 5.92 Å². The van der Waals surface area contributed by atoms with Gasteiger partial charge >= 0.3 is 5.97 Å². The summed E-state index contributed by atoms with van der Waals surface area (Å²) in [6, 6.07) is 4.19. The highest BCUT2D eigenvalue weighted by Gasteiger charge is 2.31. The molecule has 16 heavy (non-hydrogen) atoms. The molecule has 0 aromatic carbocycles. The van der Waals surface area contributed by atoms with E-state index < -0.39 is 0 Å². The fourth-order valence-corrected chi connectivity index (χ4v) is 2.93. The largest absolute Gasteiger partial charge is 0.469 e. The first-order chi connectivity index (χ1) is 7.61. The van der Waals surface area contributed by atoms with Gasteiger partial charge in [0.05, 0.1) is 19.1 Å². The van der Waals surface area contributed by atoms with Crippen LogP contribution in [0.5, 0.6) is 0 Å². The van der Waals surface area contributed by atoms with E-state index in [1.54, 1.807) is 11.3 Å². The van der Waals surface area contributed by atoms with Crippen molar-refractivity contribution in [2.24, 2.45) is 5.92 Å². The molecule has 0 fully saturated rings. The SMILES string of the molecule is CCC(C(=O)OC)C(c1cccs1)N(C)C. The molecular formula is C12H19NO2S. The number of nitrogens with zero attached hydrogens (tertiary/aromatic N) is 1. The number of carbonyl (C=O) groups excluding carboxylic acids is 1. The number of esters is 1. The van der Waals surface area contributed by atoms with Crippen LogP contribution in [0.1, 0.15) is 24.3 Å². The fraction of sp³-hybridized carbons (Fsp3) is 0.583. The van der Waals surface area contributed by atoms with Gasteiger partial charge in [0, 0.05) is 4.88 Å². The minimum absolute atomic E-state index is 0.0985. The summed E-state index contributed by atoms with van der Waals surface area (Å²) in [4.78, 5) is 15.0. The van der Waals surface area contributed by atoms with Crippen LogP contribution in [-0.4, -0.2) is 32.1 Å². The van der Waals surface area contributed by atoms with E-state index in [4.69, 9.17) is 4.74 Å². The van der Waals surface area contributed by atoms with Crippen molar-refractivity contribution in [1.82, 2.24) is 4.90 Å². The van der Waals surface area contributed by atoms with Gasteiger partial charge in [0.2, 0.25) is 0 Å². The van der Waals surface area contributed by atoms with Crippen molar-refractivity contribution in [3.63, 3.8) is 0 Å². The van der Waals surface area contributed by atoms with Gasteiger partial charge in [0.25, 0.3) is 0 Å². The summed E-state index contributed by atoms with van der Waals surface area (Å²) in [5, 5.41) is 2.04. The van der Waals surface area contributed by atoms with E-state index >= 15 is 0 Å². The molecule has 1 aromatic rings. The van der Waals surface area contributed by atoms with Crippen molar-refractivity contribution >= 4 is 17.3 Å². The van der Waals surface area contributed by atoms with E-state index in [2.05, 4.69) is 11.0 Å². The molecule has 4 heteroatoms. The van der Waals surface area contributed by atoms with E-state index in [-0.39, 0.29) is 17.9 Å². The van der Waals surface area contributed by atoms with E-state index in [1.165, 1.54) is 12.0 Å². The van der Waals surface area contributed by atoms with Gasteiger partial charge in [-0.2, -0.15) is 0 Å². The van der Waals surface area contributed by atoms with Gasteiger partial charge in [-0.05, 0) is 32.0 Å². The Hall–Kier alpha value is -0.870. The summed E-state index contributed by atoms with van der Waals surface area (Å²) >= 11 is 1.68. The Bertz CT molecular complexity index is 322. The van der Waals surface area contributed by atoms with Crippen molar-refractivity contribution in [3.8, 4) is 0 Å². The molecule has 0 saturated heterocycles. The Kier molecular flexibility index (Phi) is 4.96. The number of thiophene rings is 1. The highest BCUT2D eigenvalue weighted by molar-refractivity contribution is 7.10. The van der Waals surface area contributed by atoms with E-state index in [1.807, 2.05) is 32.5 Å². The molecule has 0 saturated carbocycles. The predicted molar refractivity (Wildman–Crippen MR) is 66.5 cm³/mol. The van der Waals surface area contributed by atoms with Gasteiger partial charge in [-0.1, -0.05) is 13.0 Å². The standard InChI is InChI=1S/C12H19NO2S/c1-5-9(12(14)15-4)11(13(2)3)10-7-6-8-16-10/h6-9,11H,5H2,1-4H3. The van der Waals surface area contributed by atoms with Gasteiger partial charge in [-0.3, -0.25) is 4.79 Å². The molecule has 0 aliphatic carbocycles. The second-order valence-electron chi connectivity index (χ2n) is 3.96. The van der Waals surface area contributed by atoms with Crippen LogP contribution in [0.2, 0.25) is 0 Å². The number of methoxy groups -OCH3 is 1. The van der Waals surface area contributed by atoms with E-state index in [9.17, 15) is 4.79 Å². The topological polar surface area (TPSA) is 29.5 Å². The Morgan fingerprint density at radius 3 is 2.62 bits per heavy atom. The van der Waals surface area contributed by atoms with Crippen LogP contribution in [0.15, 0.2) is 17.5 Å². The van der Waals surface area contributed by atoms with Gasteiger partial charge in [0.1, 0.15) is 0 Å². The first-order valence-electron chi connectivity index (χ1n) is 5.39. The normalized spacial score (nSPS) is 14.8. The first kappa shape index (κ1) is 13.2. The quantitative estimate of drug-likeness (QED) is 0.742. The Morgan fingerprint density at radius 2 is 2.25 bits per heavy atom. The first-order valence-corrected chi connectivity index (χ1v) is 6.27. The molecule has 90 valence electrons. The summed E-state index contributed by atoms with van der Waals surface area (Å²) in [5.74, 6) is -0.228. The molecule has 0 spiro atoms. The molecule has 1 heterocycles. The summed E-state index contributed by atoms with van der Waals surface area (Å²) in [7, 11) is 5.44. The summed E-state index contributed by atoms with van der Waals surface area (Å²) in [5.41, 5.74) is 0. The summed E-state index contributed by atoms with van der Waals surface area (Å²) < 4.78 is 4.87. The zero-order valence-electron chi connectivity index (χ0n) is 10.3. The molecule has 1 rings (SSSR count). The van der Waals surface area contributed by atoms with Crippen LogP contribution in [-0.2, 0) is 9.53 Å². The van der Waals surface area contributed by atoms with Crippen molar-refractivity contribution in [2.75, 3.05) is 21.2 Å². The van der Waals surface area contributed by atoms with Crippen LogP contribution in [0.4, 0.5) is 0 Å². The number of hydrogen-bond donors (Lipinski definition) is 0. The molecule has 0 bridgehead atoms. The van der Waals surface area contributed by atoms with Crippen molar-refractivity contribution < 1.29 is 9.53 Å². The summed E-state index contributed by atoms with van der Waals surface area (Å²) in [6.07, 6.45) is 0.785. The molecule has 2 atom stereocenters. The fourth-order valence-electron chi connectivity index (χ4n) is 1.94. The summed E-state index contributed by atoms with van der Waals surface area (Å²) in [6.45, 7) is 2.02. The average molecular weight is 241 g/mol. The van der Waals surface area contributed by atoms with Crippen molar-refractivity contribution in [3.05, 3.63) is 22.4 Å². The van der Waals surface area contributed by atoms with Gasteiger partial charge in [-0.25, -0.2) is 0 Å². The number of rotatable bonds is 5. The lowest BCUT2D eigenvalue weighted by molar-refractivity contribution is -0.147. The average Bonchev–Trinajstić information content (AvgIpc) is 2.77. The third-order valence-corrected chi connectivity index (χ3v) is 3.66. The zero-order chi connectivity index (χ0) is 12.1. The lowest BCUT2D eigenvalue weighted by Gasteiger charge is -2.29. The minimum atomic E-state index is -0.130. The number of carbonyl (C=O) groups is 1. The zero-order valence-corrected chi connectivity index (χ0v) is 11.1. The Balaban J connectivity index is 2.96. The maximum absolute atomic E-state index is 11.7. The molecule has 0 amide bonds. The third kappa shape index (κ3) is 2.83. The monoisotopic (exact) mass is 241 g/mol. The van der Waals surface area contributed by atoms with Crippen LogP contribution in [0.3, 0.4) is 0 Å². The maximum Gasteiger partial charge on any atom is 0.310 e. The number of hydrogen-bond acceptors (Lipinski definition) is 4. The van der Waals surface area contributed by atoms with Crippen LogP contribution >= 0.6 is 11.3 Å². The lowest BCUT2D eigenvalue weighted by atomic mass is 9.95. The maximum atomic E-state index is 11.7. The molecule has 3 nitrogen and oxygen atoms in total. The van der Waals surface area contributed by atoms with Gasteiger partial charge in [-0.15, -0.1) is 11.3 Å². The molecule has 2 unspecified atom stereocenters. The van der Waals surface area contributed by atoms with Crippen molar-refractivity contribution in [1.29, 1.82) is 0 Å². The second-order valence-corrected chi connectivity index (χ2v) is 4.94. The van der Waals surface area contributed by atoms with E-state index in [0.29, 0.717) is 0 Å². The smallest absolute Gasteiger partial charge is 0.310 e. The Labute approximate surface area is 101 Å². The van der Waals surface area contributed by atoms with Crippen LogP contribution in [0.25, 0.3) is 0 Å². The predicted octanol–water partition coefficient (Wildman–Crippen LogP) is 2.55. The van der Waals surface area contributed by atoms with E-state index in [0.717, 1.165) is 6.42 Å². The molecular weight excluding hydrogens is 222 g/mol. The second kappa shape index (κ2) is 6.01. The number of ether oxygens (including phenoxy) is 1. The highest BCUT2D eigenvalue weighted by atomic mass is 32.1.